The van der Waals surface area contributed by atoms with Crippen molar-refractivity contribution in [2.24, 2.45) is 0 Å². The first-order chi connectivity index (χ1) is 10.2. The fourth-order valence-electron chi connectivity index (χ4n) is 1.41. The molecule has 0 unspecified atom stereocenters. The molecule has 0 radical (unpaired) electrons. The average Bonchev–Trinajstić information content (AvgIpc) is 2.38. The SMILES string of the molecule is CCOC(=O)C=C(Cc1ccccc1)OS(=O)(=O)C(F)(F)F. The number of alkyl halides is 3. The van der Waals surface area contributed by atoms with Gasteiger partial charge in [0.1, 0.15) is 5.76 Å². The molecule has 22 heavy (non-hydrogen) atoms. The van der Waals surface area contributed by atoms with Crippen LogP contribution in [-0.4, -0.2) is 26.5 Å². The van der Waals surface area contributed by atoms with Gasteiger partial charge in [0, 0.05) is 6.42 Å². The highest BCUT2D eigenvalue weighted by molar-refractivity contribution is 7.87. The summed E-state index contributed by atoms with van der Waals surface area (Å²) in [6.45, 7) is 1.48. The van der Waals surface area contributed by atoms with E-state index in [0.717, 1.165) is 0 Å². The lowest BCUT2D eigenvalue weighted by Gasteiger charge is -2.12. The van der Waals surface area contributed by atoms with Crippen molar-refractivity contribution in [2.45, 2.75) is 18.9 Å². The summed E-state index contributed by atoms with van der Waals surface area (Å²) in [5, 5.41) is 0. The van der Waals surface area contributed by atoms with E-state index >= 15 is 0 Å². The number of hydrogen-bond acceptors (Lipinski definition) is 5. The first-order valence-corrected chi connectivity index (χ1v) is 7.48. The van der Waals surface area contributed by atoms with E-state index < -0.39 is 27.4 Å². The molecule has 1 aromatic carbocycles. The third-order valence-corrected chi connectivity index (χ3v) is 3.29. The van der Waals surface area contributed by atoms with Gasteiger partial charge < -0.3 is 8.92 Å². The monoisotopic (exact) mass is 338 g/mol. The van der Waals surface area contributed by atoms with Crippen LogP contribution in [0.2, 0.25) is 0 Å². The number of benzene rings is 1. The fourth-order valence-corrected chi connectivity index (χ4v) is 1.89. The van der Waals surface area contributed by atoms with E-state index in [9.17, 15) is 26.4 Å². The maximum atomic E-state index is 12.4. The zero-order valence-electron chi connectivity index (χ0n) is 11.5. The van der Waals surface area contributed by atoms with Gasteiger partial charge in [0.25, 0.3) is 0 Å². The highest BCUT2D eigenvalue weighted by atomic mass is 32.2. The molecule has 0 amide bonds. The van der Waals surface area contributed by atoms with E-state index in [1.54, 1.807) is 30.3 Å². The Bertz CT molecular complexity index is 635. The Morgan fingerprint density at radius 1 is 1.23 bits per heavy atom. The molecule has 0 bridgehead atoms. The van der Waals surface area contributed by atoms with Crippen LogP contribution in [0, 0.1) is 0 Å². The van der Waals surface area contributed by atoms with Gasteiger partial charge in [-0.15, -0.1) is 0 Å². The second kappa shape index (κ2) is 7.30. The number of carbonyl (C=O) groups is 1. The van der Waals surface area contributed by atoms with Gasteiger partial charge in [0.15, 0.2) is 0 Å². The number of ether oxygens (including phenoxy) is 1. The van der Waals surface area contributed by atoms with E-state index in [-0.39, 0.29) is 13.0 Å². The third kappa shape index (κ3) is 5.40. The number of carbonyl (C=O) groups excluding carboxylic acids is 1. The van der Waals surface area contributed by atoms with Crippen molar-refractivity contribution in [2.75, 3.05) is 6.61 Å². The van der Waals surface area contributed by atoms with Gasteiger partial charge in [-0.3, -0.25) is 0 Å². The van der Waals surface area contributed by atoms with Crippen molar-refractivity contribution in [1.82, 2.24) is 0 Å². The van der Waals surface area contributed by atoms with Crippen molar-refractivity contribution in [3.05, 3.63) is 47.7 Å². The molecular formula is C13H13F3O5S. The normalized spacial score (nSPS) is 12.8. The fraction of sp³-hybridized carbons (Fsp3) is 0.308. The summed E-state index contributed by atoms with van der Waals surface area (Å²) < 4.78 is 67.8. The molecule has 0 aliphatic heterocycles. The molecule has 0 spiro atoms. The van der Waals surface area contributed by atoms with Gasteiger partial charge in [-0.2, -0.15) is 21.6 Å². The largest absolute Gasteiger partial charge is 0.534 e. The zero-order valence-corrected chi connectivity index (χ0v) is 12.3. The van der Waals surface area contributed by atoms with Crippen LogP contribution in [0.4, 0.5) is 13.2 Å². The van der Waals surface area contributed by atoms with Crippen LogP contribution in [0.1, 0.15) is 12.5 Å². The number of allylic oxidation sites excluding steroid dienone is 1. The quantitative estimate of drug-likeness (QED) is 0.262. The summed E-state index contributed by atoms with van der Waals surface area (Å²) in [7, 11) is -5.85. The molecule has 0 aliphatic rings. The maximum absolute atomic E-state index is 12.4. The minimum absolute atomic E-state index is 0.0139. The topological polar surface area (TPSA) is 69.7 Å². The van der Waals surface area contributed by atoms with Crippen LogP contribution in [0.3, 0.4) is 0 Å². The van der Waals surface area contributed by atoms with E-state index in [1.165, 1.54) is 6.92 Å². The number of halogens is 3. The number of hydrogen-bond donors (Lipinski definition) is 0. The lowest BCUT2D eigenvalue weighted by molar-refractivity contribution is -0.137. The van der Waals surface area contributed by atoms with Crippen molar-refractivity contribution in [1.29, 1.82) is 0 Å². The molecule has 1 aromatic rings. The predicted molar refractivity (Wildman–Crippen MR) is 70.9 cm³/mol. The molecule has 0 aliphatic carbocycles. The molecular weight excluding hydrogens is 325 g/mol. The van der Waals surface area contributed by atoms with Crippen molar-refractivity contribution in [3.63, 3.8) is 0 Å². The van der Waals surface area contributed by atoms with Crippen molar-refractivity contribution >= 4 is 16.1 Å². The summed E-state index contributed by atoms with van der Waals surface area (Å²) in [6.07, 6.45) is 0.273. The molecule has 0 saturated heterocycles. The zero-order chi connectivity index (χ0) is 16.8. The second-order valence-corrected chi connectivity index (χ2v) is 5.55. The molecule has 0 fully saturated rings. The molecule has 0 atom stereocenters. The van der Waals surface area contributed by atoms with Gasteiger partial charge in [-0.05, 0) is 12.5 Å². The first-order valence-electron chi connectivity index (χ1n) is 6.07. The Hall–Kier alpha value is -2.03. The molecule has 0 aromatic heterocycles. The maximum Gasteiger partial charge on any atom is 0.534 e. The van der Waals surface area contributed by atoms with Crippen LogP contribution < -0.4 is 0 Å². The van der Waals surface area contributed by atoms with E-state index in [2.05, 4.69) is 8.92 Å². The Morgan fingerprint density at radius 3 is 2.32 bits per heavy atom. The molecule has 0 N–H and O–H groups in total. The summed E-state index contributed by atoms with van der Waals surface area (Å²) in [6, 6.07) is 7.97. The average molecular weight is 338 g/mol. The third-order valence-electron chi connectivity index (χ3n) is 2.29. The van der Waals surface area contributed by atoms with Gasteiger partial charge in [-0.1, -0.05) is 30.3 Å². The van der Waals surface area contributed by atoms with Gasteiger partial charge in [0.05, 0.1) is 12.7 Å². The minimum Gasteiger partial charge on any atom is -0.463 e. The van der Waals surface area contributed by atoms with Crippen LogP contribution in [0.15, 0.2) is 42.2 Å². The van der Waals surface area contributed by atoms with Crippen LogP contribution >= 0.6 is 0 Å². The van der Waals surface area contributed by atoms with Gasteiger partial charge in [-0.25, -0.2) is 4.79 Å². The van der Waals surface area contributed by atoms with Crippen molar-refractivity contribution in [3.8, 4) is 0 Å². The summed E-state index contributed by atoms with van der Waals surface area (Å²) in [5.41, 5.74) is -5.12. The standard InChI is InChI=1S/C13H13F3O5S/c1-2-20-12(17)9-11(8-10-6-4-3-5-7-10)21-22(18,19)13(14,15)16/h3-7,9H,2,8H2,1H3. The number of esters is 1. The highest BCUT2D eigenvalue weighted by Gasteiger charge is 2.48. The van der Waals surface area contributed by atoms with E-state index in [4.69, 9.17) is 0 Å². The summed E-state index contributed by atoms with van der Waals surface area (Å²) >= 11 is 0. The van der Waals surface area contributed by atoms with E-state index in [1.807, 2.05) is 0 Å². The number of rotatable bonds is 6. The lowest BCUT2D eigenvalue weighted by Crippen LogP contribution is -2.26. The molecule has 0 saturated carbocycles. The first kappa shape index (κ1) is 18.0. The molecule has 122 valence electrons. The summed E-state index contributed by atoms with van der Waals surface area (Å²) in [4.78, 5) is 11.3. The minimum atomic E-state index is -5.85. The predicted octanol–water partition coefficient (Wildman–Crippen LogP) is 2.54. The van der Waals surface area contributed by atoms with Crippen LogP contribution in [-0.2, 0) is 30.3 Å². The Balaban J connectivity index is 3.05. The molecule has 1 rings (SSSR count). The van der Waals surface area contributed by atoms with E-state index in [0.29, 0.717) is 11.6 Å². The van der Waals surface area contributed by atoms with Crippen LogP contribution in [0.25, 0.3) is 0 Å². The molecule has 9 heteroatoms. The Labute approximate surface area is 125 Å². The van der Waals surface area contributed by atoms with Gasteiger partial charge >= 0.3 is 21.6 Å². The van der Waals surface area contributed by atoms with Crippen LogP contribution in [0.5, 0.6) is 0 Å². The Morgan fingerprint density at radius 2 is 1.82 bits per heavy atom. The highest BCUT2D eigenvalue weighted by Crippen LogP contribution is 2.27. The Kier molecular flexibility index (Phi) is 5.98. The van der Waals surface area contributed by atoms with Gasteiger partial charge in [0.2, 0.25) is 0 Å². The smallest absolute Gasteiger partial charge is 0.463 e. The second-order valence-electron chi connectivity index (χ2n) is 4.01. The summed E-state index contributed by atoms with van der Waals surface area (Å²) in [5.74, 6) is -1.67. The molecule has 0 heterocycles. The lowest BCUT2D eigenvalue weighted by atomic mass is 10.1. The molecule has 5 nitrogen and oxygen atoms in total. The van der Waals surface area contributed by atoms with Crippen molar-refractivity contribution < 1.29 is 35.3 Å².